The number of rotatable bonds is 3. The fourth-order valence-corrected chi connectivity index (χ4v) is 3.06. The van der Waals surface area contributed by atoms with Crippen LogP contribution in [0.15, 0.2) is 48.5 Å². The van der Waals surface area contributed by atoms with Crippen molar-refractivity contribution >= 4 is 17.3 Å². The van der Waals surface area contributed by atoms with E-state index in [0.29, 0.717) is 12.5 Å². The molecule has 0 saturated carbocycles. The van der Waals surface area contributed by atoms with E-state index in [1.807, 2.05) is 30.3 Å². The molecule has 6 heteroatoms. The third kappa shape index (κ3) is 2.63. The molecule has 0 aromatic heterocycles. The van der Waals surface area contributed by atoms with Gasteiger partial charge in [-0.2, -0.15) is 0 Å². The summed E-state index contributed by atoms with van der Waals surface area (Å²) in [5.74, 6) is 0.0689. The van der Waals surface area contributed by atoms with E-state index in [0.717, 1.165) is 5.56 Å². The van der Waals surface area contributed by atoms with Gasteiger partial charge in [0.05, 0.1) is 16.5 Å². The van der Waals surface area contributed by atoms with Crippen LogP contribution in [0.4, 0.5) is 11.4 Å². The first kappa shape index (κ1) is 15.0. The van der Waals surface area contributed by atoms with Gasteiger partial charge in [-0.1, -0.05) is 37.3 Å². The van der Waals surface area contributed by atoms with E-state index >= 15 is 0 Å². The number of benzene rings is 2. The van der Waals surface area contributed by atoms with E-state index < -0.39 is 4.92 Å². The molecule has 6 nitrogen and oxygen atoms in total. The molecule has 2 N–H and O–H groups in total. The molecule has 1 aliphatic heterocycles. The summed E-state index contributed by atoms with van der Waals surface area (Å²) >= 11 is 0. The Morgan fingerprint density at radius 2 is 1.96 bits per heavy atom. The van der Waals surface area contributed by atoms with Gasteiger partial charge in [0.15, 0.2) is 0 Å². The minimum absolute atomic E-state index is 0.0256. The van der Waals surface area contributed by atoms with Gasteiger partial charge in [-0.05, 0) is 17.5 Å². The average Bonchev–Trinajstić information content (AvgIpc) is 2.53. The Balaban J connectivity index is 1.92. The number of nitrogens with two attached hydrogens (primary N) is 1. The van der Waals surface area contributed by atoms with Crippen molar-refractivity contribution in [1.29, 1.82) is 0 Å². The van der Waals surface area contributed by atoms with Crippen molar-refractivity contribution in [2.45, 2.75) is 13.0 Å². The highest BCUT2D eigenvalue weighted by molar-refractivity contribution is 6.00. The molecule has 2 aromatic rings. The van der Waals surface area contributed by atoms with Gasteiger partial charge < -0.3 is 10.6 Å². The Morgan fingerprint density at radius 1 is 1.26 bits per heavy atom. The van der Waals surface area contributed by atoms with Crippen molar-refractivity contribution in [1.82, 2.24) is 4.90 Å². The largest absolute Gasteiger partial charge is 0.398 e. The lowest BCUT2D eigenvalue weighted by Crippen LogP contribution is -2.51. The van der Waals surface area contributed by atoms with Crippen molar-refractivity contribution < 1.29 is 9.72 Å². The number of amides is 1. The lowest BCUT2D eigenvalue weighted by molar-refractivity contribution is -0.384. The predicted octanol–water partition coefficient (Wildman–Crippen LogP) is 3.01. The Morgan fingerprint density at radius 3 is 2.57 bits per heavy atom. The number of carbonyl (C=O) groups excluding carboxylic acids is 1. The zero-order valence-electron chi connectivity index (χ0n) is 12.7. The van der Waals surface area contributed by atoms with E-state index in [-0.39, 0.29) is 28.9 Å². The molecule has 23 heavy (non-hydrogen) atoms. The molecule has 1 heterocycles. The number of nitrogen functional groups attached to an aromatic ring is 1. The first-order valence-electron chi connectivity index (χ1n) is 7.39. The smallest absolute Gasteiger partial charge is 0.270 e. The normalized spacial score (nSPS) is 20.0. The molecule has 0 radical (unpaired) electrons. The number of hydrogen-bond acceptors (Lipinski definition) is 4. The number of non-ortho nitro benzene ring substituents is 1. The van der Waals surface area contributed by atoms with Crippen LogP contribution in [0.5, 0.6) is 0 Å². The number of anilines is 1. The highest BCUT2D eigenvalue weighted by Gasteiger charge is 2.40. The number of nitro groups is 1. The summed E-state index contributed by atoms with van der Waals surface area (Å²) in [4.78, 5) is 24.9. The molecule has 2 aromatic carbocycles. The van der Waals surface area contributed by atoms with Crippen LogP contribution in [0.3, 0.4) is 0 Å². The van der Waals surface area contributed by atoms with Gasteiger partial charge in [0, 0.05) is 24.4 Å². The monoisotopic (exact) mass is 311 g/mol. The van der Waals surface area contributed by atoms with Gasteiger partial charge in [-0.15, -0.1) is 0 Å². The molecule has 0 spiro atoms. The highest BCUT2D eigenvalue weighted by Crippen LogP contribution is 2.40. The topological polar surface area (TPSA) is 89.5 Å². The van der Waals surface area contributed by atoms with Crippen molar-refractivity contribution in [3.05, 3.63) is 69.8 Å². The third-order valence-corrected chi connectivity index (χ3v) is 4.24. The minimum atomic E-state index is -0.524. The molecule has 1 amide bonds. The van der Waals surface area contributed by atoms with Crippen LogP contribution < -0.4 is 5.73 Å². The predicted molar refractivity (Wildman–Crippen MR) is 86.9 cm³/mol. The van der Waals surface area contributed by atoms with Gasteiger partial charge in [0.1, 0.15) is 0 Å². The van der Waals surface area contributed by atoms with Crippen LogP contribution in [-0.2, 0) is 0 Å². The van der Waals surface area contributed by atoms with Crippen LogP contribution in [0.25, 0.3) is 0 Å². The second-order valence-electron chi connectivity index (χ2n) is 5.82. The fourth-order valence-electron chi connectivity index (χ4n) is 3.06. The zero-order chi connectivity index (χ0) is 16.6. The second kappa shape index (κ2) is 5.72. The van der Waals surface area contributed by atoms with E-state index in [4.69, 9.17) is 5.73 Å². The number of nitro benzene ring substituents is 1. The SMILES string of the molecule is CC1CN(C(=O)c2cc([N+](=O)[O-])ccc2N)C1c1ccccc1. The summed E-state index contributed by atoms with van der Waals surface area (Å²) in [5.41, 5.74) is 7.23. The summed E-state index contributed by atoms with van der Waals surface area (Å²) < 4.78 is 0. The molecular formula is C17H17N3O3. The van der Waals surface area contributed by atoms with Crippen molar-refractivity contribution in [2.24, 2.45) is 5.92 Å². The molecular weight excluding hydrogens is 294 g/mol. The van der Waals surface area contributed by atoms with Gasteiger partial charge in [-0.3, -0.25) is 14.9 Å². The number of nitrogens with zero attached hydrogens (tertiary/aromatic N) is 2. The van der Waals surface area contributed by atoms with Crippen LogP contribution in [0.1, 0.15) is 28.9 Å². The Bertz CT molecular complexity index is 761. The maximum absolute atomic E-state index is 12.8. The molecule has 0 aliphatic carbocycles. The summed E-state index contributed by atoms with van der Waals surface area (Å²) in [6.45, 7) is 2.69. The van der Waals surface area contributed by atoms with E-state index in [1.54, 1.807) is 4.90 Å². The van der Waals surface area contributed by atoms with Crippen LogP contribution >= 0.6 is 0 Å². The Hall–Kier alpha value is -2.89. The van der Waals surface area contributed by atoms with Crippen LogP contribution in [0, 0.1) is 16.0 Å². The average molecular weight is 311 g/mol. The Labute approximate surface area is 133 Å². The number of likely N-dealkylation sites (tertiary alicyclic amines) is 1. The van der Waals surface area contributed by atoms with E-state index in [1.165, 1.54) is 18.2 Å². The number of carbonyl (C=O) groups is 1. The number of hydrogen-bond donors (Lipinski definition) is 1. The standard InChI is InChI=1S/C17H17N3O3/c1-11-10-19(16(11)12-5-3-2-4-6-12)17(21)14-9-13(20(22)23)7-8-15(14)18/h2-9,11,16H,10,18H2,1H3. The van der Waals surface area contributed by atoms with Crippen LogP contribution in [0.2, 0.25) is 0 Å². The Kier molecular flexibility index (Phi) is 3.73. The van der Waals surface area contributed by atoms with Gasteiger partial charge in [0.2, 0.25) is 0 Å². The fraction of sp³-hybridized carbons (Fsp3) is 0.235. The first-order valence-corrected chi connectivity index (χ1v) is 7.39. The maximum Gasteiger partial charge on any atom is 0.270 e. The van der Waals surface area contributed by atoms with Crippen molar-refractivity contribution in [3.63, 3.8) is 0 Å². The lowest BCUT2D eigenvalue weighted by Gasteiger charge is -2.47. The molecule has 2 unspecified atom stereocenters. The van der Waals surface area contributed by atoms with Gasteiger partial charge in [0.25, 0.3) is 11.6 Å². The molecule has 3 rings (SSSR count). The van der Waals surface area contributed by atoms with E-state index in [9.17, 15) is 14.9 Å². The van der Waals surface area contributed by atoms with E-state index in [2.05, 4.69) is 6.92 Å². The van der Waals surface area contributed by atoms with Crippen LogP contribution in [-0.4, -0.2) is 22.3 Å². The molecule has 118 valence electrons. The molecule has 0 bridgehead atoms. The van der Waals surface area contributed by atoms with Crippen molar-refractivity contribution in [2.75, 3.05) is 12.3 Å². The summed E-state index contributed by atoms with van der Waals surface area (Å²) in [5, 5.41) is 10.9. The molecule has 1 aliphatic rings. The molecule has 1 saturated heterocycles. The highest BCUT2D eigenvalue weighted by atomic mass is 16.6. The van der Waals surface area contributed by atoms with Gasteiger partial charge in [-0.25, -0.2) is 0 Å². The molecule has 2 atom stereocenters. The third-order valence-electron chi connectivity index (χ3n) is 4.24. The summed E-state index contributed by atoms with van der Waals surface area (Å²) in [6, 6.07) is 13.7. The van der Waals surface area contributed by atoms with Crippen molar-refractivity contribution in [3.8, 4) is 0 Å². The molecule has 1 fully saturated rings. The van der Waals surface area contributed by atoms with Gasteiger partial charge >= 0.3 is 0 Å². The minimum Gasteiger partial charge on any atom is -0.398 e. The maximum atomic E-state index is 12.8. The quantitative estimate of drug-likeness (QED) is 0.536. The first-order chi connectivity index (χ1) is 11.0. The zero-order valence-corrected chi connectivity index (χ0v) is 12.7. The summed E-state index contributed by atoms with van der Waals surface area (Å²) in [7, 11) is 0. The lowest BCUT2D eigenvalue weighted by atomic mass is 9.84. The summed E-state index contributed by atoms with van der Waals surface area (Å²) in [6.07, 6.45) is 0. The second-order valence-corrected chi connectivity index (χ2v) is 5.82.